The number of carbonyl (C=O) groups excluding carboxylic acids is 1. The maximum atomic E-state index is 12.1. The van der Waals surface area contributed by atoms with Crippen molar-refractivity contribution < 1.29 is 4.79 Å². The van der Waals surface area contributed by atoms with Crippen LogP contribution in [0, 0.1) is 12.8 Å². The molecular weight excluding hydrogens is 294 g/mol. The van der Waals surface area contributed by atoms with Gasteiger partial charge in [-0.2, -0.15) is 0 Å². The lowest BCUT2D eigenvalue weighted by Gasteiger charge is -2.21. The van der Waals surface area contributed by atoms with Crippen LogP contribution in [0.25, 0.3) is 10.2 Å². The van der Waals surface area contributed by atoms with Crippen LogP contribution < -0.4 is 10.6 Å². The van der Waals surface area contributed by atoms with E-state index < -0.39 is 0 Å². The Hall–Kier alpha value is -1.17. The summed E-state index contributed by atoms with van der Waals surface area (Å²) < 4.78 is 1.12. The number of piperidine rings is 1. The van der Waals surface area contributed by atoms with Gasteiger partial charge in [-0.25, -0.2) is 4.98 Å². The molecule has 1 amide bonds. The van der Waals surface area contributed by atoms with Crippen LogP contribution in [0.4, 0.5) is 5.13 Å². The number of amides is 1. The van der Waals surface area contributed by atoms with Gasteiger partial charge in [-0.15, -0.1) is 12.4 Å². The number of thiazole rings is 1. The quantitative estimate of drug-likeness (QED) is 0.896. The van der Waals surface area contributed by atoms with Crippen molar-refractivity contribution in [2.75, 3.05) is 18.4 Å². The van der Waals surface area contributed by atoms with Gasteiger partial charge >= 0.3 is 0 Å². The van der Waals surface area contributed by atoms with Gasteiger partial charge in [-0.1, -0.05) is 17.4 Å². The summed E-state index contributed by atoms with van der Waals surface area (Å²) >= 11 is 1.54. The fourth-order valence-corrected chi connectivity index (χ4v) is 3.34. The predicted octanol–water partition coefficient (Wildman–Crippen LogP) is 2.96. The highest BCUT2D eigenvalue weighted by Gasteiger charge is 2.21. The van der Waals surface area contributed by atoms with Crippen LogP contribution in [0.3, 0.4) is 0 Å². The van der Waals surface area contributed by atoms with Gasteiger partial charge in [-0.05, 0) is 44.0 Å². The van der Waals surface area contributed by atoms with Crippen LogP contribution in [0.15, 0.2) is 18.2 Å². The van der Waals surface area contributed by atoms with Gasteiger partial charge in [-0.3, -0.25) is 4.79 Å². The summed E-state index contributed by atoms with van der Waals surface area (Å²) in [6.07, 6.45) is 2.03. The fourth-order valence-electron chi connectivity index (χ4n) is 2.37. The molecule has 0 spiro atoms. The number of hydrogen-bond acceptors (Lipinski definition) is 4. The number of hydrogen-bond donors (Lipinski definition) is 2. The van der Waals surface area contributed by atoms with Gasteiger partial charge in [0, 0.05) is 6.54 Å². The molecule has 1 aromatic heterocycles. The average molecular weight is 312 g/mol. The second kappa shape index (κ2) is 6.52. The monoisotopic (exact) mass is 311 g/mol. The topological polar surface area (TPSA) is 54.0 Å². The molecule has 1 aliphatic heterocycles. The zero-order valence-electron chi connectivity index (χ0n) is 11.3. The Morgan fingerprint density at radius 2 is 2.35 bits per heavy atom. The summed E-state index contributed by atoms with van der Waals surface area (Å²) in [6, 6.07) is 6.14. The highest BCUT2D eigenvalue weighted by Crippen LogP contribution is 2.27. The molecule has 3 rings (SSSR count). The van der Waals surface area contributed by atoms with E-state index in [1.54, 1.807) is 11.3 Å². The van der Waals surface area contributed by atoms with Crippen LogP contribution in [0.5, 0.6) is 0 Å². The maximum Gasteiger partial charge on any atom is 0.230 e. The molecule has 2 aromatic rings. The van der Waals surface area contributed by atoms with E-state index >= 15 is 0 Å². The summed E-state index contributed by atoms with van der Waals surface area (Å²) in [6.45, 7) is 3.85. The summed E-state index contributed by atoms with van der Waals surface area (Å²) in [5, 5.41) is 6.91. The lowest BCUT2D eigenvalue weighted by Crippen LogP contribution is -2.37. The van der Waals surface area contributed by atoms with Crippen molar-refractivity contribution in [3.8, 4) is 0 Å². The molecule has 20 heavy (non-hydrogen) atoms. The Balaban J connectivity index is 0.00000147. The molecule has 0 bridgehead atoms. The molecule has 1 atom stereocenters. The zero-order chi connectivity index (χ0) is 13.2. The van der Waals surface area contributed by atoms with Crippen molar-refractivity contribution in [3.63, 3.8) is 0 Å². The van der Waals surface area contributed by atoms with E-state index in [9.17, 15) is 4.79 Å². The van der Waals surface area contributed by atoms with E-state index in [-0.39, 0.29) is 24.2 Å². The van der Waals surface area contributed by atoms with E-state index in [1.807, 2.05) is 12.1 Å². The second-order valence-electron chi connectivity index (χ2n) is 5.02. The van der Waals surface area contributed by atoms with Gasteiger partial charge in [0.2, 0.25) is 5.91 Å². The number of benzene rings is 1. The number of halogens is 1. The van der Waals surface area contributed by atoms with Crippen LogP contribution in [0.2, 0.25) is 0 Å². The van der Waals surface area contributed by atoms with E-state index in [0.717, 1.165) is 36.1 Å². The third-order valence-electron chi connectivity index (χ3n) is 3.44. The molecule has 0 aliphatic carbocycles. The number of aromatic nitrogens is 1. The minimum absolute atomic E-state index is 0. The number of anilines is 1. The SMILES string of the molecule is Cc1ccc2nc(NC(=O)C3CCCNC3)sc2c1.Cl. The normalized spacial score (nSPS) is 18.6. The van der Waals surface area contributed by atoms with Crippen LogP contribution in [-0.2, 0) is 4.79 Å². The molecule has 1 saturated heterocycles. The first-order valence-corrected chi connectivity index (χ1v) is 7.43. The summed E-state index contributed by atoms with van der Waals surface area (Å²) in [5.41, 5.74) is 2.16. The third-order valence-corrected chi connectivity index (χ3v) is 4.38. The number of nitrogens with zero attached hydrogens (tertiary/aromatic N) is 1. The fraction of sp³-hybridized carbons (Fsp3) is 0.429. The number of fused-ring (bicyclic) bond motifs is 1. The van der Waals surface area contributed by atoms with Gasteiger partial charge in [0.15, 0.2) is 5.13 Å². The van der Waals surface area contributed by atoms with E-state index in [4.69, 9.17) is 0 Å². The Kier molecular flexibility index (Phi) is 4.96. The van der Waals surface area contributed by atoms with E-state index in [0.29, 0.717) is 5.13 Å². The number of aryl methyl sites for hydroxylation is 1. The first kappa shape index (κ1) is 15.2. The summed E-state index contributed by atoms with van der Waals surface area (Å²) in [7, 11) is 0. The lowest BCUT2D eigenvalue weighted by molar-refractivity contribution is -0.120. The van der Waals surface area contributed by atoms with Crippen molar-refractivity contribution in [2.24, 2.45) is 5.92 Å². The van der Waals surface area contributed by atoms with Crippen LogP contribution in [-0.4, -0.2) is 24.0 Å². The van der Waals surface area contributed by atoms with Crippen LogP contribution in [0.1, 0.15) is 18.4 Å². The molecule has 2 heterocycles. The second-order valence-corrected chi connectivity index (χ2v) is 6.05. The maximum absolute atomic E-state index is 12.1. The van der Waals surface area contributed by atoms with Crippen molar-refractivity contribution >= 4 is 45.0 Å². The molecule has 1 fully saturated rings. The first-order valence-electron chi connectivity index (χ1n) is 6.61. The average Bonchev–Trinajstić information content (AvgIpc) is 2.81. The Morgan fingerprint density at radius 3 is 3.10 bits per heavy atom. The summed E-state index contributed by atoms with van der Waals surface area (Å²) in [4.78, 5) is 16.6. The number of carbonyl (C=O) groups is 1. The standard InChI is InChI=1S/C14H17N3OS.ClH/c1-9-4-5-11-12(7-9)19-14(16-11)17-13(18)10-3-2-6-15-8-10;/h4-5,7,10,15H,2-3,6,8H2,1H3,(H,16,17,18);1H. The minimum Gasteiger partial charge on any atom is -0.316 e. The van der Waals surface area contributed by atoms with E-state index in [2.05, 4.69) is 28.6 Å². The Bertz CT molecular complexity index is 607. The molecule has 6 heteroatoms. The lowest BCUT2D eigenvalue weighted by atomic mass is 9.99. The van der Waals surface area contributed by atoms with Gasteiger partial charge < -0.3 is 10.6 Å². The van der Waals surface area contributed by atoms with Gasteiger partial charge in [0.05, 0.1) is 16.1 Å². The Labute approximate surface area is 128 Å². The number of rotatable bonds is 2. The molecule has 1 aromatic carbocycles. The smallest absolute Gasteiger partial charge is 0.230 e. The highest BCUT2D eigenvalue weighted by molar-refractivity contribution is 7.22. The molecule has 2 N–H and O–H groups in total. The molecule has 1 unspecified atom stereocenters. The van der Waals surface area contributed by atoms with Gasteiger partial charge in [0.1, 0.15) is 0 Å². The minimum atomic E-state index is 0. The summed E-state index contributed by atoms with van der Waals surface area (Å²) in [5.74, 6) is 0.158. The van der Waals surface area contributed by atoms with Crippen molar-refractivity contribution in [1.82, 2.24) is 10.3 Å². The predicted molar refractivity (Wildman–Crippen MR) is 85.8 cm³/mol. The van der Waals surface area contributed by atoms with E-state index in [1.165, 1.54) is 5.56 Å². The molecular formula is C14H18ClN3OS. The largest absolute Gasteiger partial charge is 0.316 e. The van der Waals surface area contributed by atoms with Crippen molar-refractivity contribution in [3.05, 3.63) is 23.8 Å². The molecule has 1 aliphatic rings. The van der Waals surface area contributed by atoms with Gasteiger partial charge in [0.25, 0.3) is 0 Å². The zero-order valence-corrected chi connectivity index (χ0v) is 12.9. The molecule has 0 saturated carbocycles. The Morgan fingerprint density at radius 1 is 1.50 bits per heavy atom. The van der Waals surface area contributed by atoms with Crippen molar-refractivity contribution in [2.45, 2.75) is 19.8 Å². The van der Waals surface area contributed by atoms with Crippen LogP contribution >= 0.6 is 23.7 Å². The molecule has 108 valence electrons. The number of nitrogens with one attached hydrogen (secondary N) is 2. The molecule has 4 nitrogen and oxygen atoms in total. The first-order chi connectivity index (χ1) is 9.22. The highest BCUT2D eigenvalue weighted by atomic mass is 35.5. The third kappa shape index (κ3) is 3.29. The van der Waals surface area contributed by atoms with Crippen molar-refractivity contribution in [1.29, 1.82) is 0 Å². The molecule has 0 radical (unpaired) electrons.